The number of aliphatic hydroxyl groups is 1. The fourth-order valence-corrected chi connectivity index (χ4v) is 2.22. The zero-order valence-electron chi connectivity index (χ0n) is 10.8. The van der Waals surface area contributed by atoms with Crippen LogP contribution in [0, 0.1) is 0 Å². The van der Waals surface area contributed by atoms with Crippen LogP contribution in [0.3, 0.4) is 0 Å². The van der Waals surface area contributed by atoms with Gasteiger partial charge in [-0.3, -0.25) is 0 Å². The molecule has 0 aliphatic rings. The SMILES string of the molecule is CCC[C@H](O)Cc1cccc(-c2ccccc2)c1. The highest BCUT2D eigenvalue weighted by Gasteiger charge is 2.05. The van der Waals surface area contributed by atoms with Crippen LogP contribution in [0.5, 0.6) is 0 Å². The van der Waals surface area contributed by atoms with Gasteiger partial charge in [-0.1, -0.05) is 67.9 Å². The van der Waals surface area contributed by atoms with Crippen LogP contribution in [0.2, 0.25) is 0 Å². The van der Waals surface area contributed by atoms with Crippen molar-refractivity contribution >= 4 is 0 Å². The van der Waals surface area contributed by atoms with Crippen LogP contribution in [0.4, 0.5) is 0 Å². The van der Waals surface area contributed by atoms with Crippen LogP contribution in [0.25, 0.3) is 11.1 Å². The van der Waals surface area contributed by atoms with Gasteiger partial charge in [-0.05, 0) is 29.5 Å². The number of hydrogen-bond acceptors (Lipinski definition) is 1. The van der Waals surface area contributed by atoms with Gasteiger partial charge in [0.25, 0.3) is 0 Å². The van der Waals surface area contributed by atoms with E-state index in [2.05, 4.69) is 43.3 Å². The maximum absolute atomic E-state index is 9.86. The summed E-state index contributed by atoms with van der Waals surface area (Å²) in [6, 6.07) is 18.8. The first-order valence-electron chi connectivity index (χ1n) is 6.62. The van der Waals surface area contributed by atoms with E-state index in [4.69, 9.17) is 0 Å². The molecule has 0 aliphatic heterocycles. The van der Waals surface area contributed by atoms with Gasteiger partial charge < -0.3 is 5.11 Å². The van der Waals surface area contributed by atoms with Gasteiger partial charge in [-0.2, -0.15) is 0 Å². The van der Waals surface area contributed by atoms with Crippen LogP contribution >= 0.6 is 0 Å². The molecule has 1 N–H and O–H groups in total. The first kappa shape index (κ1) is 12.8. The Balaban J connectivity index is 2.15. The Morgan fingerprint density at radius 1 is 0.944 bits per heavy atom. The van der Waals surface area contributed by atoms with Crippen molar-refractivity contribution in [3.63, 3.8) is 0 Å². The Kier molecular flexibility index (Phi) is 4.54. The summed E-state index contributed by atoms with van der Waals surface area (Å²) >= 11 is 0. The van der Waals surface area contributed by atoms with Gasteiger partial charge in [0, 0.05) is 0 Å². The van der Waals surface area contributed by atoms with E-state index in [1.54, 1.807) is 0 Å². The molecule has 1 atom stereocenters. The van der Waals surface area contributed by atoms with Crippen molar-refractivity contribution in [3.05, 3.63) is 60.2 Å². The second-order valence-electron chi connectivity index (χ2n) is 4.71. The highest BCUT2D eigenvalue weighted by Crippen LogP contribution is 2.21. The molecule has 0 aromatic heterocycles. The molecular weight excluding hydrogens is 220 g/mol. The summed E-state index contributed by atoms with van der Waals surface area (Å²) in [4.78, 5) is 0. The lowest BCUT2D eigenvalue weighted by atomic mass is 9.99. The molecule has 2 aromatic carbocycles. The first-order valence-corrected chi connectivity index (χ1v) is 6.62. The predicted molar refractivity (Wildman–Crippen MR) is 76.5 cm³/mol. The van der Waals surface area contributed by atoms with Gasteiger partial charge in [0.05, 0.1) is 6.10 Å². The molecule has 0 aliphatic carbocycles. The zero-order valence-corrected chi connectivity index (χ0v) is 10.8. The van der Waals surface area contributed by atoms with E-state index in [-0.39, 0.29) is 6.10 Å². The van der Waals surface area contributed by atoms with Gasteiger partial charge in [0.2, 0.25) is 0 Å². The monoisotopic (exact) mass is 240 g/mol. The van der Waals surface area contributed by atoms with Crippen molar-refractivity contribution in [3.8, 4) is 11.1 Å². The topological polar surface area (TPSA) is 20.2 Å². The minimum atomic E-state index is -0.221. The summed E-state index contributed by atoms with van der Waals surface area (Å²) in [6.45, 7) is 2.10. The van der Waals surface area contributed by atoms with Gasteiger partial charge >= 0.3 is 0 Å². The summed E-state index contributed by atoms with van der Waals surface area (Å²) < 4.78 is 0. The molecule has 1 heteroatoms. The molecule has 0 heterocycles. The van der Waals surface area contributed by atoms with Crippen LogP contribution < -0.4 is 0 Å². The summed E-state index contributed by atoms with van der Waals surface area (Å²) in [5.41, 5.74) is 3.65. The van der Waals surface area contributed by atoms with Crippen LogP contribution in [0.1, 0.15) is 25.3 Å². The fourth-order valence-electron chi connectivity index (χ4n) is 2.22. The van der Waals surface area contributed by atoms with Crippen molar-refractivity contribution in [1.82, 2.24) is 0 Å². The van der Waals surface area contributed by atoms with Crippen molar-refractivity contribution in [1.29, 1.82) is 0 Å². The maximum Gasteiger partial charge on any atom is 0.0580 e. The van der Waals surface area contributed by atoms with E-state index in [9.17, 15) is 5.11 Å². The number of aliphatic hydroxyl groups excluding tert-OH is 1. The summed E-state index contributed by atoms with van der Waals surface area (Å²) in [5, 5.41) is 9.86. The number of benzene rings is 2. The van der Waals surface area contributed by atoms with E-state index in [1.165, 1.54) is 16.7 Å². The van der Waals surface area contributed by atoms with Gasteiger partial charge in [0.15, 0.2) is 0 Å². The first-order chi connectivity index (χ1) is 8.79. The standard InChI is InChI=1S/C17H20O/c1-2-7-17(18)13-14-8-6-11-16(12-14)15-9-4-3-5-10-15/h3-6,8-12,17-18H,2,7,13H2,1H3/t17-/m0/s1. The van der Waals surface area contributed by atoms with E-state index < -0.39 is 0 Å². The van der Waals surface area contributed by atoms with Gasteiger partial charge in [0.1, 0.15) is 0 Å². The fraction of sp³-hybridized carbons (Fsp3) is 0.294. The molecule has 0 amide bonds. The zero-order chi connectivity index (χ0) is 12.8. The molecule has 18 heavy (non-hydrogen) atoms. The maximum atomic E-state index is 9.86. The quantitative estimate of drug-likeness (QED) is 0.835. The summed E-state index contributed by atoms with van der Waals surface area (Å²) in [5.74, 6) is 0. The molecule has 0 saturated carbocycles. The normalized spacial score (nSPS) is 12.3. The van der Waals surface area contributed by atoms with E-state index in [0.29, 0.717) is 0 Å². The second-order valence-corrected chi connectivity index (χ2v) is 4.71. The largest absolute Gasteiger partial charge is 0.393 e. The minimum Gasteiger partial charge on any atom is -0.393 e. The molecular formula is C17H20O. The molecule has 2 rings (SSSR count). The van der Waals surface area contributed by atoms with E-state index in [1.807, 2.05) is 18.2 Å². The third-order valence-corrected chi connectivity index (χ3v) is 3.13. The molecule has 0 radical (unpaired) electrons. The molecule has 1 nitrogen and oxygen atoms in total. The van der Waals surface area contributed by atoms with Crippen molar-refractivity contribution in [2.75, 3.05) is 0 Å². The van der Waals surface area contributed by atoms with Crippen LogP contribution in [-0.4, -0.2) is 11.2 Å². The third kappa shape index (κ3) is 3.44. The third-order valence-electron chi connectivity index (χ3n) is 3.13. The van der Waals surface area contributed by atoms with Crippen LogP contribution in [0.15, 0.2) is 54.6 Å². The lowest BCUT2D eigenvalue weighted by molar-refractivity contribution is 0.164. The van der Waals surface area contributed by atoms with Gasteiger partial charge in [-0.15, -0.1) is 0 Å². The van der Waals surface area contributed by atoms with Crippen molar-refractivity contribution in [2.24, 2.45) is 0 Å². The average molecular weight is 240 g/mol. The summed E-state index contributed by atoms with van der Waals surface area (Å²) in [7, 11) is 0. The molecule has 0 spiro atoms. The van der Waals surface area contributed by atoms with Crippen LogP contribution in [-0.2, 0) is 6.42 Å². The Labute approximate surface area is 109 Å². The lowest BCUT2D eigenvalue weighted by Gasteiger charge is -2.10. The van der Waals surface area contributed by atoms with Crippen molar-refractivity contribution in [2.45, 2.75) is 32.3 Å². The Hall–Kier alpha value is -1.60. The molecule has 0 saturated heterocycles. The van der Waals surface area contributed by atoms with Crippen molar-refractivity contribution < 1.29 is 5.11 Å². The van der Waals surface area contributed by atoms with Gasteiger partial charge in [-0.25, -0.2) is 0 Å². The Bertz CT molecular complexity index is 476. The van der Waals surface area contributed by atoms with E-state index in [0.717, 1.165) is 19.3 Å². The second kappa shape index (κ2) is 6.36. The Morgan fingerprint density at radius 3 is 2.39 bits per heavy atom. The molecule has 0 bridgehead atoms. The molecule has 2 aromatic rings. The number of hydrogen-bond donors (Lipinski definition) is 1. The van der Waals surface area contributed by atoms with E-state index >= 15 is 0 Å². The average Bonchev–Trinajstić information content (AvgIpc) is 2.40. The molecule has 94 valence electrons. The highest BCUT2D eigenvalue weighted by atomic mass is 16.3. The highest BCUT2D eigenvalue weighted by molar-refractivity contribution is 5.63. The number of rotatable bonds is 5. The Morgan fingerprint density at radius 2 is 1.67 bits per heavy atom. The molecule has 0 unspecified atom stereocenters. The minimum absolute atomic E-state index is 0.221. The summed E-state index contributed by atoms with van der Waals surface area (Å²) in [6.07, 6.45) is 2.42. The molecule has 0 fully saturated rings. The predicted octanol–water partition coefficient (Wildman–Crippen LogP) is 4.06. The smallest absolute Gasteiger partial charge is 0.0580 e. The lowest BCUT2D eigenvalue weighted by Crippen LogP contribution is -2.09.